The predicted octanol–water partition coefficient (Wildman–Crippen LogP) is 2.90. The summed E-state index contributed by atoms with van der Waals surface area (Å²) in [5, 5.41) is 12.5. The van der Waals surface area contributed by atoms with Crippen LogP contribution in [0.4, 0.5) is 0 Å². The quantitative estimate of drug-likeness (QED) is 0.603. The summed E-state index contributed by atoms with van der Waals surface area (Å²) in [6.45, 7) is 2.01. The summed E-state index contributed by atoms with van der Waals surface area (Å²) >= 11 is 0. The van der Waals surface area contributed by atoms with Gasteiger partial charge >= 0.3 is 0 Å². The van der Waals surface area contributed by atoms with Crippen LogP contribution in [0.3, 0.4) is 0 Å². The number of para-hydroxylation sites is 2. The Morgan fingerprint density at radius 1 is 1.41 bits per heavy atom. The SMILES string of the molecule is Cc1nc2ccccc2n1[C@@H]1CCC/C1=N/O. The summed E-state index contributed by atoms with van der Waals surface area (Å²) in [7, 11) is 0. The first-order valence-electron chi connectivity index (χ1n) is 5.95. The molecular formula is C13H15N3O. The van der Waals surface area contributed by atoms with Crippen molar-refractivity contribution in [3.8, 4) is 0 Å². The molecule has 17 heavy (non-hydrogen) atoms. The Labute approximate surface area is 99.6 Å². The van der Waals surface area contributed by atoms with Crippen molar-refractivity contribution in [2.45, 2.75) is 32.2 Å². The molecule has 0 amide bonds. The molecule has 1 N–H and O–H groups in total. The van der Waals surface area contributed by atoms with Crippen LogP contribution in [0.25, 0.3) is 11.0 Å². The highest BCUT2D eigenvalue weighted by Gasteiger charge is 2.27. The molecule has 1 aliphatic rings. The van der Waals surface area contributed by atoms with E-state index in [2.05, 4.69) is 20.8 Å². The monoisotopic (exact) mass is 229 g/mol. The first-order chi connectivity index (χ1) is 8.31. The van der Waals surface area contributed by atoms with E-state index in [-0.39, 0.29) is 6.04 Å². The van der Waals surface area contributed by atoms with E-state index < -0.39 is 0 Å². The number of imidazole rings is 1. The number of nitrogens with zero attached hydrogens (tertiary/aromatic N) is 3. The Morgan fingerprint density at radius 2 is 2.24 bits per heavy atom. The van der Waals surface area contributed by atoms with E-state index in [9.17, 15) is 0 Å². The molecule has 0 unspecified atom stereocenters. The van der Waals surface area contributed by atoms with Crippen LogP contribution in [-0.4, -0.2) is 20.5 Å². The van der Waals surface area contributed by atoms with Crippen molar-refractivity contribution >= 4 is 16.7 Å². The molecule has 1 saturated carbocycles. The highest BCUT2D eigenvalue weighted by Crippen LogP contribution is 2.31. The van der Waals surface area contributed by atoms with E-state index in [4.69, 9.17) is 5.21 Å². The fraction of sp³-hybridized carbons (Fsp3) is 0.385. The zero-order valence-electron chi connectivity index (χ0n) is 9.80. The normalized spacial score (nSPS) is 22.6. The van der Waals surface area contributed by atoms with Crippen molar-refractivity contribution in [3.63, 3.8) is 0 Å². The average molecular weight is 229 g/mol. The lowest BCUT2D eigenvalue weighted by atomic mass is 10.2. The molecule has 4 nitrogen and oxygen atoms in total. The summed E-state index contributed by atoms with van der Waals surface area (Å²) in [5.41, 5.74) is 3.00. The Hall–Kier alpha value is -1.84. The highest BCUT2D eigenvalue weighted by molar-refractivity contribution is 5.91. The van der Waals surface area contributed by atoms with Crippen LogP contribution in [0.1, 0.15) is 31.1 Å². The van der Waals surface area contributed by atoms with E-state index in [0.717, 1.165) is 41.8 Å². The second-order valence-electron chi connectivity index (χ2n) is 4.52. The molecular weight excluding hydrogens is 214 g/mol. The van der Waals surface area contributed by atoms with Gasteiger partial charge in [0, 0.05) is 0 Å². The summed E-state index contributed by atoms with van der Waals surface area (Å²) < 4.78 is 2.19. The molecule has 1 aliphatic carbocycles. The number of aryl methyl sites for hydroxylation is 1. The molecule has 4 heteroatoms. The molecule has 1 atom stereocenters. The minimum Gasteiger partial charge on any atom is -0.411 e. The third kappa shape index (κ3) is 1.52. The van der Waals surface area contributed by atoms with E-state index >= 15 is 0 Å². The minimum absolute atomic E-state index is 0.174. The van der Waals surface area contributed by atoms with Crippen LogP contribution in [0, 0.1) is 6.92 Å². The number of aromatic nitrogens is 2. The van der Waals surface area contributed by atoms with Gasteiger partial charge in [-0.15, -0.1) is 0 Å². The van der Waals surface area contributed by atoms with Crippen molar-refractivity contribution in [2.75, 3.05) is 0 Å². The smallest absolute Gasteiger partial charge is 0.107 e. The molecule has 3 rings (SSSR count). The first kappa shape index (κ1) is 10.3. The lowest BCUT2D eigenvalue weighted by Crippen LogP contribution is -2.15. The Kier molecular flexibility index (Phi) is 2.35. The fourth-order valence-corrected chi connectivity index (χ4v) is 2.76. The predicted molar refractivity (Wildman–Crippen MR) is 66.6 cm³/mol. The standard InChI is InChI=1S/C13H15N3O/c1-9-14-10-5-2-3-7-12(10)16(9)13-8-4-6-11(13)15-17/h2-3,5,7,13,17H,4,6,8H2,1H3/b15-11-/t13-/m1/s1. The molecule has 0 saturated heterocycles. The summed E-state index contributed by atoms with van der Waals surface area (Å²) in [6.07, 6.45) is 2.99. The van der Waals surface area contributed by atoms with Crippen LogP contribution in [0.15, 0.2) is 29.4 Å². The van der Waals surface area contributed by atoms with E-state index in [1.807, 2.05) is 25.1 Å². The number of fused-ring (bicyclic) bond motifs is 1. The maximum atomic E-state index is 9.05. The van der Waals surface area contributed by atoms with Gasteiger partial charge in [-0.3, -0.25) is 0 Å². The zero-order chi connectivity index (χ0) is 11.8. The molecule has 2 aromatic rings. The Balaban J connectivity index is 2.20. The lowest BCUT2D eigenvalue weighted by molar-refractivity contribution is 0.315. The molecule has 1 heterocycles. The topological polar surface area (TPSA) is 50.4 Å². The molecule has 0 aliphatic heterocycles. The third-order valence-electron chi connectivity index (χ3n) is 3.51. The third-order valence-corrected chi connectivity index (χ3v) is 3.51. The summed E-state index contributed by atoms with van der Waals surface area (Å²) in [4.78, 5) is 4.55. The zero-order valence-corrected chi connectivity index (χ0v) is 9.80. The number of oxime groups is 1. The van der Waals surface area contributed by atoms with Crippen LogP contribution in [-0.2, 0) is 0 Å². The largest absolute Gasteiger partial charge is 0.411 e. The van der Waals surface area contributed by atoms with Crippen molar-refractivity contribution in [1.29, 1.82) is 0 Å². The number of hydrogen-bond donors (Lipinski definition) is 1. The number of hydrogen-bond acceptors (Lipinski definition) is 3. The van der Waals surface area contributed by atoms with Crippen LogP contribution < -0.4 is 0 Å². The van der Waals surface area contributed by atoms with Gasteiger partial charge in [-0.05, 0) is 38.3 Å². The second kappa shape index (κ2) is 3.87. The van der Waals surface area contributed by atoms with Crippen molar-refractivity contribution in [1.82, 2.24) is 9.55 Å². The van der Waals surface area contributed by atoms with E-state index in [0.29, 0.717) is 0 Å². The summed E-state index contributed by atoms with van der Waals surface area (Å²) in [6, 6.07) is 8.28. The van der Waals surface area contributed by atoms with Gasteiger partial charge in [-0.25, -0.2) is 4.98 Å². The molecule has 1 fully saturated rings. The van der Waals surface area contributed by atoms with E-state index in [1.165, 1.54) is 0 Å². The molecule has 88 valence electrons. The van der Waals surface area contributed by atoms with Gasteiger partial charge in [0.2, 0.25) is 0 Å². The van der Waals surface area contributed by atoms with Crippen molar-refractivity contribution < 1.29 is 5.21 Å². The van der Waals surface area contributed by atoms with Gasteiger partial charge < -0.3 is 9.77 Å². The van der Waals surface area contributed by atoms with Gasteiger partial charge in [0.15, 0.2) is 0 Å². The van der Waals surface area contributed by atoms with Gasteiger partial charge in [-0.2, -0.15) is 0 Å². The summed E-state index contributed by atoms with van der Waals surface area (Å²) in [5.74, 6) is 0.985. The van der Waals surface area contributed by atoms with Crippen LogP contribution >= 0.6 is 0 Å². The molecule has 0 spiro atoms. The van der Waals surface area contributed by atoms with Gasteiger partial charge in [0.25, 0.3) is 0 Å². The fourth-order valence-electron chi connectivity index (χ4n) is 2.76. The Morgan fingerprint density at radius 3 is 3.06 bits per heavy atom. The van der Waals surface area contributed by atoms with E-state index in [1.54, 1.807) is 0 Å². The maximum absolute atomic E-state index is 9.05. The van der Waals surface area contributed by atoms with Gasteiger partial charge in [0.1, 0.15) is 5.82 Å². The van der Waals surface area contributed by atoms with Crippen molar-refractivity contribution in [3.05, 3.63) is 30.1 Å². The average Bonchev–Trinajstić information content (AvgIpc) is 2.90. The second-order valence-corrected chi connectivity index (χ2v) is 4.52. The molecule has 1 aromatic carbocycles. The van der Waals surface area contributed by atoms with Crippen molar-refractivity contribution in [2.24, 2.45) is 5.16 Å². The van der Waals surface area contributed by atoms with Gasteiger partial charge in [0.05, 0.1) is 22.8 Å². The highest BCUT2D eigenvalue weighted by atomic mass is 16.4. The first-order valence-corrected chi connectivity index (χ1v) is 5.95. The number of rotatable bonds is 1. The molecule has 0 radical (unpaired) electrons. The molecule has 1 aromatic heterocycles. The van der Waals surface area contributed by atoms with Crippen LogP contribution in [0.5, 0.6) is 0 Å². The molecule has 0 bridgehead atoms. The lowest BCUT2D eigenvalue weighted by Gasteiger charge is -2.15. The Bertz CT molecular complexity index is 585. The van der Waals surface area contributed by atoms with Crippen LogP contribution in [0.2, 0.25) is 0 Å². The minimum atomic E-state index is 0.174. The van der Waals surface area contributed by atoms with Gasteiger partial charge in [-0.1, -0.05) is 17.3 Å². The maximum Gasteiger partial charge on any atom is 0.107 e. The number of benzene rings is 1.